The number of ether oxygens (including phenoxy) is 2. The number of benzene rings is 2. The van der Waals surface area contributed by atoms with Crippen LogP contribution >= 0.6 is 11.6 Å². The molecule has 3 rings (SSSR count). The van der Waals surface area contributed by atoms with E-state index in [9.17, 15) is 13.2 Å². The second kappa shape index (κ2) is 12.4. The average molecular weight is 525 g/mol. The van der Waals surface area contributed by atoms with Gasteiger partial charge in [0.2, 0.25) is 5.91 Å². The van der Waals surface area contributed by atoms with Gasteiger partial charge in [0.1, 0.15) is 6.54 Å². The van der Waals surface area contributed by atoms with Gasteiger partial charge in [-0.2, -0.15) is 0 Å². The van der Waals surface area contributed by atoms with Gasteiger partial charge in [0, 0.05) is 43.8 Å². The van der Waals surface area contributed by atoms with E-state index in [1.807, 2.05) is 0 Å². The van der Waals surface area contributed by atoms with Crippen LogP contribution in [-0.4, -0.2) is 91.2 Å². The minimum Gasteiger partial charge on any atom is -0.493 e. The van der Waals surface area contributed by atoms with Crippen LogP contribution in [0.1, 0.15) is 6.42 Å². The van der Waals surface area contributed by atoms with E-state index < -0.39 is 10.0 Å². The number of hydrogen-bond acceptors (Lipinski definition) is 7. The van der Waals surface area contributed by atoms with Crippen LogP contribution < -0.4 is 19.1 Å². The van der Waals surface area contributed by atoms with Gasteiger partial charge in [-0.1, -0.05) is 11.6 Å². The van der Waals surface area contributed by atoms with E-state index in [0.29, 0.717) is 23.0 Å². The second-order valence-electron chi connectivity index (χ2n) is 8.35. The first-order valence-corrected chi connectivity index (χ1v) is 13.2. The molecule has 35 heavy (non-hydrogen) atoms. The summed E-state index contributed by atoms with van der Waals surface area (Å²) in [5.41, 5.74) is 0.330. The first-order chi connectivity index (χ1) is 16.7. The van der Waals surface area contributed by atoms with Crippen LogP contribution in [0.15, 0.2) is 47.4 Å². The molecule has 0 saturated carbocycles. The van der Waals surface area contributed by atoms with Gasteiger partial charge in [0.25, 0.3) is 10.0 Å². The molecule has 1 aliphatic rings. The summed E-state index contributed by atoms with van der Waals surface area (Å²) in [4.78, 5) is 17.4. The summed E-state index contributed by atoms with van der Waals surface area (Å²) < 4.78 is 38.7. The van der Waals surface area contributed by atoms with Gasteiger partial charge < -0.3 is 24.6 Å². The van der Waals surface area contributed by atoms with Crippen molar-refractivity contribution >= 4 is 33.2 Å². The Morgan fingerprint density at radius 1 is 1.03 bits per heavy atom. The van der Waals surface area contributed by atoms with Crippen molar-refractivity contribution in [3.8, 4) is 11.5 Å². The molecule has 0 aliphatic carbocycles. The number of nitrogens with one attached hydrogen (secondary N) is 1. The Bertz CT molecular complexity index is 1090. The lowest BCUT2D eigenvalue weighted by atomic mass is 10.3. The molecule has 2 aromatic carbocycles. The lowest BCUT2D eigenvalue weighted by Gasteiger charge is -2.32. The number of sulfonamides is 1. The maximum atomic E-state index is 13.6. The maximum Gasteiger partial charge on any atom is 0.264 e. The zero-order chi connectivity index (χ0) is 25.4. The van der Waals surface area contributed by atoms with Crippen molar-refractivity contribution in [2.75, 3.05) is 71.4 Å². The molecule has 0 radical (unpaired) electrons. The number of amides is 1. The summed E-state index contributed by atoms with van der Waals surface area (Å²) in [6.45, 7) is 5.09. The number of hydrogen-bond donors (Lipinski definition) is 1. The normalized spacial score (nSPS) is 15.0. The summed E-state index contributed by atoms with van der Waals surface area (Å²) in [7, 11) is 0.923. The molecule has 0 unspecified atom stereocenters. The SMILES string of the molecule is COc1ccc(S(=O)(=O)N(CC(=O)NCCCN2CCN(C)CC2)c2ccc(Cl)cc2)cc1OC. The molecule has 0 aromatic heterocycles. The Morgan fingerprint density at radius 2 is 1.69 bits per heavy atom. The van der Waals surface area contributed by atoms with Gasteiger partial charge in [0.05, 0.1) is 24.8 Å². The highest BCUT2D eigenvalue weighted by molar-refractivity contribution is 7.92. The molecule has 0 atom stereocenters. The number of piperazine rings is 1. The van der Waals surface area contributed by atoms with Crippen molar-refractivity contribution < 1.29 is 22.7 Å². The summed E-state index contributed by atoms with van der Waals surface area (Å²) in [6, 6.07) is 10.6. The van der Waals surface area contributed by atoms with E-state index in [-0.39, 0.29) is 23.1 Å². The van der Waals surface area contributed by atoms with E-state index in [1.54, 1.807) is 24.3 Å². The Hall–Kier alpha value is -2.53. The zero-order valence-electron chi connectivity index (χ0n) is 20.4. The predicted molar refractivity (Wildman–Crippen MR) is 137 cm³/mol. The van der Waals surface area contributed by atoms with Gasteiger partial charge in [0.15, 0.2) is 11.5 Å². The number of rotatable bonds is 11. The van der Waals surface area contributed by atoms with Crippen LogP contribution in [-0.2, 0) is 14.8 Å². The Morgan fingerprint density at radius 3 is 2.31 bits per heavy atom. The smallest absolute Gasteiger partial charge is 0.264 e. The summed E-state index contributed by atoms with van der Waals surface area (Å²) in [6.07, 6.45) is 0.791. The molecule has 192 valence electrons. The third-order valence-electron chi connectivity index (χ3n) is 5.91. The molecule has 0 spiro atoms. The standard InChI is InChI=1S/C24H33ClN4O5S/c1-27-13-15-28(16-14-27)12-4-11-26-24(30)18-29(20-7-5-19(25)6-8-20)35(31,32)21-9-10-22(33-2)23(17-21)34-3/h5-10,17H,4,11-16,18H2,1-3H3,(H,26,30). The quantitative estimate of drug-likeness (QED) is 0.451. The highest BCUT2D eigenvalue weighted by atomic mass is 35.5. The number of anilines is 1. The van der Waals surface area contributed by atoms with E-state index in [1.165, 1.54) is 32.4 Å². The zero-order valence-corrected chi connectivity index (χ0v) is 21.9. The third-order valence-corrected chi connectivity index (χ3v) is 7.94. The second-order valence-corrected chi connectivity index (χ2v) is 10.7. The number of methoxy groups -OCH3 is 2. The Kier molecular flexibility index (Phi) is 9.62. The van der Waals surface area contributed by atoms with Crippen molar-refractivity contribution in [3.63, 3.8) is 0 Å². The van der Waals surface area contributed by atoms with Crippen LogP contribution in [0.2, 0.25) is 5.02 Å². The van der Waals surface area contributed by atoms with Crippen molar-refractivity contribution in [3.05, 3.63) is 47.5 Å². The maximum absolute atomic E-state index is 13.6. The van der Waals surface area contributed by atoms with Gasteiger partial charge in [-0.15, -0.1) is 0 Å². The van der Waals surface area contributed by atoms with Crippen LogP contribution in [0.25, 0.3) is 0 Å². The van der Waals surface area contributed by atoms with E-state index in [4.69, 9.17) is 21.1 Å². The van der Waals surface area contributed by atoms with Gasteiger partial charge in [-0.05, 0) is 56.4 Å². The topological polar surface area (TPSA) is 91.4 Å². The van der Waals surface area contributed by atoms with E-state index in [2.05, 4.69) is 22.2 Å². The molecule has 2 aromatic rings. The van der Waals surface area contributed by atoms with Crippen LogP contribution in [0.5, 0.6) is 11.5 Å². The monoisotopic (exact) mass is 524 g/mol. The number of likely N-dealkylation sites (N-methyl/N-ethyl adjacent to an activating group) is 1. The van der Waals surface area contributed by atoms with Crippen molar-refractivity contribution in [2.24, 2.45) is 0 Å². The van der Waals surface area contributed by atoms with Gasteiger partial charge >= 0.3 is 0 Å². The molecular formula is C24H33ClN4O5S. The van der Waals surface area contributed by atoms with Gasteiger partial charge in [-0.25, -0.2) is 8.42 Å². The number of carbonyl (C=O) groups excluding carboxylic acids is 1. The van der Waals surface area contributed by atoms with Crippen molar-refractivity contribution in [2.45, 2.75) is 11.3 Å². The van der Waals surface area contributed by atoms with Crippen LogP contribution in [0, 0.1) is 0 Å². The fourth-order valence-corrected chi connectivity index (χ4v) is 5.38. The third kappa shape index (κ3) is 7.23. The number of halogens is 1. The average Bonchev–Trinajstić information content (AvgIpc) is 2.86. The minimum atomic E-state index is -4.09. The lowest BCUT2D eigenvalue weighted by molar-refractivity contribution is -0.119. The number of carbonyl (C=O) groups is 1. The first kappa shape index (κ1) is 27.1. The molecule has 11 heteroatoms. The highest BCUT2D eigenvalue weighted by Gasteiger charge is 2.28. The predicted octanol–water partition coefficient (Wildman–Crippen LogP) is 2.31. The molecule has 1 fully saturated rings. The Balaban J connectivity index is 1.71. The Labute approximate surface area is 212 Å². The van der Waals surface area contributed by atoms with Crippen molar-refractivity contribution in [1.29, 1.82) is 0 Å². The number of nitrogens with zero attached hydrogens (tertiary/aromatic N) is 3. The van der Waals surface area contributed by atoms with E-state index >= 15 is 0 Å². The summed E-state index contributed by atoms with van der Waals surface area (Å²) in [5, 5.41) is 3.32. The van der Waals surface area contributed by atoms with Crippen molar-refractivity contribution in [1.82, 2.24) is 15.1 Å². The minimum absolute atomic E-state index is 0.0204. The van der Waals surface area contributed by atoms with Crippen LogP contribution in [0.4, 0.5) is 5.69 Å². The molecule has 9 nitrogen and oxygen atoms in total. The van der Waals surface area contributed by atoms with Gasteiger partial charge in [-0.3, -0.25) is 9.10 Å². The fourth-order valence-electron chi connectivity index (χ4n) is 3.81. The lowest BCUT2D eigenvalue weighted by Crippen LogP contribution is -2.45. The first-order valence-electron chi connectivity index (χ1n) is 11.4. The van der Waals surface area contributed by atoms with Crippen LogP contribution in [0.3, 0.4) is 0 Å². The summed E-state index contributed by atoms with van der Waals surface area (Å²) >= 11 is 6.00. The summed E-state index contributed by atoms with van der Waals surface area (Å²) in [5.74, 6) is 0.294. The molecule has 1 aliphatic heterocycles. The molecule has 0 bridgehead atoms. The molecule has 1 amide bonds. The largest absolute Gasteiger partial charge is 0.493 e. The molecule has 1 N–H and O–H groups in total. The molecule has 1 heterocycles. The highest BCUT2D eigenvalue weighted by Crippen LogP contribution is 2.32. The molecule has 1 saturated heterocycles. The van der Waals surface area contributed by atoms with E-state index in [0.717, 1.165) is 43.4 Å². The molecular weight excluding hydrogens is 492 g/mol. The fraction of sp³-hybridized carbons (Fsp3) is 0.458.